The maximum absolute atomic E-state index is 12.9. The summed E-state index contributed by atoms with van der Waals surface area (Å²) in [5, 5.41) is 13.9. The first-order valence-corrected chi connectivity index (χ1v) is 9.09. The number of nitro groups is 1. The summed E-state index contributed by atoms with van der Waals surface area (Å²) in [6.07, 6.45) is 1.51. The first kappa shape index (κ1) is 19.8. The van der Waals surface area contributed by atoms with Crippen molar-refractivity contribution >= 4 is 17.3 Å². The molecule has 0 radical (unpaired) electrons. The largest absolute Gasteiger partial charge is 0.373 e. The van der Waals surface area contributed by atoms with Gasteiger partial charge in [-0.05, 0) is 42.7 Å². The van der Waals surface area contributed by atoms with Gasteiger partial charge in [-0.2, -0.15) is 0 Å². The molecule has 0 bridgehead atoms. The predicted molar refractivity (Wildman–Crippen MR) is 103 cm³/mol. The smallest absolute Gasteiger partial charge is 0.293 e. The highest BCUT2D eigenvalue weighted by atomic mass is 19.1. The summed E-state index contributed by atoms with van der Waals surface area (Å²) in [5.74, 6) is -0.636. The van der Waals surface area contributed by atoms with E-state index in [1.54, 1.807) is 24.3 Å². The fourth-order valence-electron chi connectivity index (χ4n) is 3.28. The van der Waals surface area contributed by atoms with Gasteiger partial charge in [0.1, 0.15) is 11.5 Å². The van der Waals surface area contributed by atoms with Crippen LogP contribution in [0, 0.1) is 15.9 Å². The summed E-state index contributed by atoms with van der Waals surface area (Å²) in [7, 11) is 1.48. The first-order valence-electron chi connectivity index (χ1n) is 9.09. The Balaban J connectivity index is 1.61. The minimum atomic E-state index is -0.459. The van der Waals surface area contributed by atoms with Crippen LogP contribution in [0.5, 0.6) is 0 Å². The van der Waals surface area contributed by atoms with Gasteiger partial charge in [0.25, 0.3) is 11.6 Å². The maximum Gasteiger partial charge on any atom is 0.293 e. The highest BCUT2D eigenvalue weighted by Crippen LogP contribution is 2.32. The second-order valence-electron chi connectivity index (χ2n) is 6.66. The lowest BCUT2D eigenvalue weighted by atomic mass is 10.1. The lowest BCUT2D eigenvalue weighted by Gasteiger charge is -2.33. The molecule has 1 N–H and O–H groups in total. The number of ether oxygens (including phenoxy) is 1. The summed E-state index contributed by atoms with van der Waals surface area (Å²) >= 11 is 0. The molecule has 0 saturated carbocycles. The van der Waals surface area contributed by atoms with E-state index in [9.17, 15) is 19.3 Å². The lowest BCUT2D eigenvalue weighted by Crippen LogP contribution is -2.37. The minimum Gasteiger partial charge on any atom is -0.373 e. The summed E-state index contributed by atoms with van der Waals surface area (Å²) in [4.78, 5) is 24.7. The van der Waals surface area contributed by atoms with Crippen LogP contribution in [0.15, 0.2) is 42.5 Å². The molecule has 1 aliphatic rings. The Hall–Kier alpha value is -3.00. The van der Waals surface area contributed by atoms with Crippen molar-refractivity contribution in [3.05, 3.63) is 69.5 Å². The number of benzene rings is 2. The van der Waals surface area contributed by atoms with E-state index in [0.29, 0.717) is 25.4 Å². The number of hydrogen-bond donors (Lipinski definition) is 1. The van der Waals surface area contributed by atoms with Gasteiger partial charge in [0.15, 0.2) is 0 Å². The van der Waals surface area contributed by atoms with Gasteiger partial charge in [-0.25, -0.2) is 4.39 Å². The van der Waals surface area contributed by atoms with Crippen LogP contribution in [0.2, 0.25) is 0 Å². The van der Waals surface area contributed by atoms with Crippen LogP contribution >= 0.6 is 0 Å². The van der Waals surface area contributed by atoms with Crippen LogP contribution < -0.4 is 10.2 Å². The average molecular weight is 387 g/mol. The molecule has 1 heterocycles. The second-order valence-corrected chi connectivity index (χ2v) is 6.66. The van der Waals surface area contributed by atoms with Crippen molar-refractivity contribution < 1.29 is 18.8 Å². The third-order valence-electron chi connectivity index (χ3n) is 4.84. The van der Waals surface area contributed by atoms with Gasteiger partial charge in [-0.15, -0.1) is 0 Å². The quantitative estimate of drug-likeness (QED) is 0.607. The highest BCUT2D eigenvalue weighted by Gasteiger charge is 2.26. The number of nitrogens with zero attached hydrogens (tertiary/aromatic N) is 2. The summed E-state index contributed by atoms with van der Waals surface area (Å²) in [6.45, 7) is 1.65. The number of carbonyl (C=O) groups is 1. The van der Waals surface area contributed by atoms with Gasteiger partial charge < -0.3 is 15.0 Å². The first-order chi connectivity index (χ1) is 13.5. The highest BCUT2D eigenvalue weighted by molar-refractivity contribution is 5.95. The van der Waals surface area contributed by atoms with E-state index in [2.05, 4.69) is 5.32 Å². The molecule has 1 amide bonds. The molecule has 1 aliphatic heterocycles. The summed E-state index contributed by atoms with van der Waals surface area (Å²) in [6, 6.07) is 10.7. The molecule has 2 aromatic rings. The van der Waals surface area contributed by atoms with Gasteiger partial charge in [0, 0.05) is 31.8 Å². The lowest BCUT2D eigenvalue weighted by molar-refractivity contribution is -0.384. The van der Waals surface area contributed by atoms with Gasteiger partial charge >= 0.3 is 0 Å². The van der Waals surface area contributed by atoms with E-state index in [1.807, 2.05) is 4.90 Å². The molecule has 0 unspecified atom stereocenters. The Morgan fingerprint density at radius 3 is 2.54 bits per heavy atom. The summed E-state index contributed by atoms with van der Waals surface area (Å²) < 4.78 is 18.8. The van der Waals surface area contributed by atoms with E-state index >= 15 is 0 Å². The van der Waals surface area contributed by atoms with Gasteiger partial charge in [0.2, 0.25) is 0 Å². The topological polar surface area (TPSA) is 84.7 Å². The fourth-order valence-corrected chi connectivity index (χ4v) is 3.28. The van der Waals surface area contributed by atoms with Crippen LogP contribution in [0.25, 0.3) is 0 Å². The van der Waals surface area contributed by atoms with E-state index in [1.165, 1.54) is 25.2 Å². The molecule has 2 aromatic carbocycles. The third-order valence-corrected chi connectivity index (χ3v) is 4.84. The zero-order valence-corrected chi connectivity index (χ0v) is 15.6. The molecule has 3 rings (SSSR count). The minimum absolute atomic E-state index is 0.0468. The molecule has 1 fully saturated rings. The molecule has 7 nitrogen and oxygen atoms in total. The molecular weight excluding hydrogens is 365 g/mol. The molecule has 148 valence electrons. The van der Waals surface area contributed by atoms with Crippen molar-refractivity contribution in [2.45, 2.75) is 25.6 Å². The monoisotopic (exact) mass is 387 g/mol. The van der Waals surface area contributed by atoms with E-state index in [4.69, 9.17) is 4.74 Å². The molecule has 1 saturated heterocycles. The maximum atomic E-state index is 12.9. The van der Waals surface area contributed by atoms with E-state index < -0.39 is 4.92 Å². The molecule has 0 spiro atoms. The number of anilines is 1. The number of hydrogen-bond acceptors (Lipinski definition) is 5. The van der Waals surface area contributed by atoms with Crippen LogP contribution in [0.1, 0.15) is 28.8 Å². The number of halogens is 1. The number of piperidine rings is 1. The van der Waals surface area contributed by atoms with Crippen LogP contribution in [-0.2, 0) is 11.3 Å². The van der Waals surface area contributed by atoms with Gasteiger partial charge in [0.05, 0.1) is 17.6 Å². The van der Waals surface area contributed by atoms with Crippen LogP contribution in [0.4, 0.5) is 15.8 Å². The van der Waals surface area contributed by atoms with Crippen molar-refractivity contribution in [1.82, 2.24) is 5.32 Å². The Morgan fingerprint density at radius 2 is 1.93 bits per heavy atom. The number of nitrogens with one attached hydrogen (secondary N) is 1. The number of rotatable bonds is 6. The van der Waals surface area contributed by atoms with E-state index in [0.717, 1.165) is 18.4 Å². The van der Waals surface area contributed by atoms with Crippen molar-refractivity contribution in [2.24, 2.45) is 0 Å². The second kappa shape index (κ2) is 8.79. The number of nitro benzene ring substituents is 1. The molecular formula is C20H22FN3O4. The molecule has 0 aromatic heterocycles. The standard InChI is InChI=1S/C20H22FN3O4/c1-22-20(25)15-4-7-18(19(12-15)24(26)27)23-10-8-17(9-11-23)28-13-14-2-5-16(21)6-3-14/h2-7,12,17H,8-11,13H2,1H3,(H,22,25). The fraction of sp³-hybridized carbons (Fsp3) is 0.350. The normalized spacial score (nSPS) is 14.7. The molecule has 0 aliphatic carbocycles. The Bertz CT molecular complexity index is 849. The van der Waals surface area contributed by atoms with Crippen molar-refractivity contribution in [3.8, 4) is 0 Å². The van der Waals surface area contributed by atoms with Crippen molar-refractivity contribution in [3.63, 3.8) is 0 Å². The molecule has 8 heteroatoms. The summed E-state index contributed by atoms with van der Waals surface area (Å²) in [5.41, 5.74) is 1.60. The van der Waals surface area contributed by atoms with Crippen molar-refractivity contribution in [2.75, 3.05) is 25.0 Å². The van der Waals surface area contributed by atoms with Crippen LogP contribution in [-0.4, -0.2) is 37.1 Å². The molecule has 28 heavy (non-hydrogen) atoms. The van der Waals surface area contributed by atoms with Crippen LogP contribution in [0.3, 0.4) is 0 Å². The van der Waals surface area contributed by atoms with Gasteiger partial charge in [-0.3, -0.25) is 14.9 Å². The van der Waals surface area contributed by atoms with E-state index in [-0.39, 0.29) is 29.1 Å². The SMILES string of the molecule is CNC(=O)c1ccc(N2CCC(OCc3ccc(F)cc3)CC2)c([N+](=O)[O-])c1. The Morgan fingerprint density at radius 1 is 1.25 bits per heavy atom. The third kappa shape index (κ3) is 4.64. The number of amides is 1. The Labute approximate surface area is 162 Å². The van der Waals surface area contributed by atoms with Gasteiger partial charge in [-0.1, -0.05) is 12.1 Å². The average Bonchev–Trinajstić information content (AvgIpc) is 2.72. The predicted octanol–water partition coefficient (Wildman–Crippen LogP) is 3.28. The zero-order valence-electron chi connectivity index (χ0n) is 15.6. The number of carbonyl (C=O) groups excluding carboxylic acids is 1. The van der Waals surface area contributed by atoms with Crippen molar-refractivity contribution in [1.29, 1.82) is 0 Å². The zero-order chi connectivity index (χ0) is 20.1. The Kier molecular flexibility index (Phi) is 6.20. The molecule has 0 atom stereocenters.